The molecule has 0 radical (unpaired) electrons. The summed E-state index contributed by atoms with van der Waals surface area (Å²) in [6.45, 7) is 2.12. The molecule has 2 saturated carbocycles. The Labute approximate surface area is 153 Å². The van der Waals surface area contributed by atoms with E-state index in [1.165, 1.54) is 12.1 Å². The molecule has 1 N–H and O–H groups in total. The Morgan fingerprint density at radius 2 is 1.83 bits per heavy atom. The topological polar surface area (TPSA) is 29.1 Å². The molecule has 0 bridgehead atoms. The summed E-state index contributed by atoms with van der Waals surface area (Å²) in [7, 11) is 0. The molecule has 1 atom stereocenters. The Bertz CT molecular complexity index is 622. The van der Waals surface area contributed by atoms with Gasteiger partial charge >= 0.3 is 0 Å². The van der Waals surface area contributed by atoms with Crippen LogP contribution in [0.5, 0.6) is 0 Å². The first kappa shape index (κ1) is 18.0. The molecule has 0 heterocycles. The van der Waals surface area contributed by atoms with Gasteiger partial charge in [0, 0.05) is 11.5 Å². The largest absolute Gasteiger partial charge is 0.348 e. The van der Waals surface area contributed by atoms with E-state index in [0.717, 1.165) is 51.4 Å². The van der Waals surface area contributed by atoms with Gasteiger partial charge in [-0.1, -0.05) is 55.8 Å². The van der Waals surface area contributed by atoms with Crippen LogP contribution in [-0.4, -0.2) is 5.91 Å². The lowest BCUT2D eigenvalue weighted by Gasteiger charge is -2.36. The van der Waals surface area contributed by atoms with Crippen LogP contribution < -0.4 is 5.32 Å². The molecule has 0 aliphatic heterocycles. The molecule has 0 spiro atoms. The molecular formula is C19H24Cl2FNO. The van der Waals surface area contributed by atoms with E-state index in [4.69, 9.17) is 23.2 Å². The van der Waals surface area contributed by atoms with Crippen LogP contribution >= 0.6 is 23.2 Å². The van der Waals surface area contributed by atoms with Crippen molar-refractivity contribution in [3.05, 3.63) is 33.6 Å². The SMILES string of the molecule is CC1([C@H](NC(=O)C2CCCC2)c2c(F)ccc(Cl)c2Cl)CCCC1. The Morgan fingerprint density at radius 1 is 1.21 bits per heavy atom. The smallest absolute Gasteiger partial charge is 0.223 e. The average Bonchev–Trinajstić information content (AvgIpc) is 3.22. The summed E-state index contributed by atoms with van der Waals surface area (Å²) in [6.07, 6.45) is 8.09. The Balaban J connectivity index is 1.96. The summed E-state index contributed by atoms with van der Waals surface area (Å²) in [5.41, 5.74) is 0.156. The summed E-state index contributed by atoms with van der Waals surface area (Å²) in [5, 5.41) is 3.70. The number of halogens is 3. The third kappa shape index (κ3) is 3.43. The van der Waals surface area contributed by atoms with Gasteiger partial charge in [0.1, 0.15) is 5.82 Å². The van der Waals surface area contributed by atoms with Gasteiger partial charge in [-0.2, -0.15) is 0 Å². The van der Waals surface area contributed by atoms with E-state index < -0.39 is 11.9 Å². The predicted octanol–water partition coefficient (Wildman–Crippen LogP) is 6.06. The normalized spacial score (nSPS) is 21.8. The fraction of sp³-hybridized carbons (Fsp3) is 0.632. The van der Waals surface area contributed by atoms with Crippen LogP contribution in [0.2, 0.25) is 10.0 Å². The number of hydrogen-bond acceptors (Lipinski definition) is 1. The van der Waals surface area contributed by atoms with Gasteiger partial charge in [0.25, 0.3) is 0 Å². The van der Waals surface area contributed by atoms with Crippen molar-refractivity contribution >= 4 is 29.1 Å². The van der Waals surface area contributed by atoms with Crippen molar-refractivity contribution in [3.8, 4) is 0 Å². The van der Waals surface area contributed by atoms with E-state index >= 15 is 0 Å². The third-order valence-corrected chi connectivity index (χ3v) is 6.64. The van der Waals surface area contributed by atoms with Crippen LogP contribution in [0.1, 0.15) is 69.9 Å². The summed E-state index contributed by atoms with van der Waals surface area (Å²) in [4.78, 5) is 12.7. The van der Waals surface area contributed by atoms with Gasteiger partial charge in [-0.15, -0.1) is 0 Å². The molecule has 1 aromatic carbocycles. The third-order valence-electron chi connectivity index (χ3n) is 5.82. The van der Waals surface area contributed by atoms with Crippen LogP contribution in [-0.2, 0) is 4.79 Å². The average molecular weight is 372 g/mol. The number of nitrogens with one attached hydrogen (secondary N) is 1. The molecule has 24 heavy (non-hydrogen) atoms. The lowest BCUT2D eigenvalue weighted by atomic mass is 9.76. The molecular weight excluding hydrogens is 348 g/mol. The molecule has 2 aliphatic carbocycles. The highest BCUT2D eigenvalue weighted by Crippen LogP contribution is 2.50. The van der Waals surface area contributed by atoms with Crippen molar-refractivity contribution in [3.63, 3.8) is 0 Å². The van der Waals surface area contributed by atoms with Gasteiger partial charge in [0.15, 0.2) is 0 Å². The Hall–Kier alpha value is -0.800. The van der Waals surface area contributed by atoms with E-state index in [1.807, 2.05) is 0 Å². The van der Waals surface area contributed by atoms with E-state index in [2.05, 4.69) is 12.2 Å². The summed E-state index contributed by atoms with van der Waals surface area (Å²) < 4.78 is 14.6. The van der Waals surface area contributed by atoms with Crippen LogP contribution in [0.25, 0.3) is 0 Å². The monoisotopic (exact) mass is 371 g/mol. The zero-order chi connectivity index (χ0) is 17.3. The molecule has 1 amide bonds. The molecule has 132 valence electrons. The molecule has 0 saturated heterocycles. The van der Waals surface area contributed by atoms with E-state index in [-0.39, 0.29) is 22.3 Å². The minimum atomic E-state index is -0.431. The van der Waals surface area contributed by atoms with Gasteiger partial charge in [0.05, 0.1) is 16.1 Å². The van der Waals surface area contributed by atoms with Gasteiger partial charge in [-0.3, -0.25) is 4.79 Å². The molecule has 0 unspecified atom stereocenters. The number of amides is 1. The summed E-state index contributed by atoms with van der Waals surface area (Å²) in [6, 6.07) is 2.38. The molecule has 2 fully saturated rings. The molecule has 1 aromatic rings. The predicted molar refractivity (Wildman–Crippen MR) is 95.8 cm³/mol. The first-order valence-electron chi connectivity index (χ1n) is 8.86. The number of carbonyl (C=O) groups is 1. The van der Waals surface area contributed by atoms with E-state index in [0.29, 0.717) is 10.6 Å². The maximum Gasteiger partial charge on any atom is 0.223 e. The second-order valence-electron chi connectivity index (χ2n) is 7.54. The minimum absolute atomic E-state index is 0.0288. The standard InChI is InChI=1S/C19H24Cl2FNO/c1-19(10-4-5-11-19)17(23-18(24)12-6-2-3-7-12)15-14(22)9-8-13(20)16(15)21/h8-9,12,17H,2-7,10-11H2,1H3,(H,23,24)/t17-/m1/s1. The molecule has 0 aromatic heterocycles. The van der Waals surface area contributed by atoms with Crippen LogP contribution in [0.15, 0.2) is 12.1 Å². The number of carbonyl (C=O) groups excluding carboxylic acids is 1. The van der Waals surface area contributed by atoms with Crippen LogP contribution in [0, 0.1) is 17.2 Å². The highest BCUT2D eigenvalue weighted by molar-refractivity contribution is 6.42. The minimum Gasteiger partial charge on any atom is -0.348 e. The van der Waals surface area contributed by atoms with Gasteiger partial charge in [-0.25, -0.2) is 4.39 Å². The van der Waals surface area contributed by atoms with Crippen LogP contribution in [0.3, 0.4) is 0 Å². The molecule has 2 aliphatic rings. The number of rotatable bonds is 4. The highest BCUT2D eigenvalue weighted by Gasteiger charge is 2.42. The Morgan fingerprint density at radius 3 is 2.46 bits per heavy atom. The Kier molecular flexibility index (Phi) is 5.41. The first-order valence-corrected chi connectivity index (χ1v) is 9.62. The summed E-state index contributed by atoms with van der Waals surface area (Å²) in [5.74, 6) is -0.325. The highest BCUT2D eigenvalue weighted by atomic mass is 35.5. The lowest BCUT2D eigenvalue weighted by Crippen LogP contribution is -2.41. The molecule has 2 nitrogen and oxygen atoms in total. The first-order chi connectivity index (χ1) is 11.4. The quantitative estimate of drug-likeness (QED) is 0.640. The van der Waals surface area contributed by atoms with Crippen molar-refractivity contribution < 1.29 is 9.18 Å². The maximum absolute atomic E-state index is 14.6. The fourth-order valence-corrected chi connectivity index (χ4v) is 4.75. The zero-order valence-corrected chi connectivity index (χ0v) is 15.5. The van der Waals surface area contributed by atoms with Gasteiger partial charge < -0.3 is 5.32 Å². The maximum atomic E-state index is 14.6. The lowest BCUT2D eigenvalue weighted by molar-refractivity contribution is -0.126. The van der Waals surface area contributed by atoms with Crippen molar-refractivity contribution in [2.45, 2.75) is 64.3 Å². The van der Waals surface area contributed by atoms with Crippen molar-refractivity contribution in [2.75, 3.05) is 0 Å². The summed E-state index contributed by atoms with van der Waals surface area (Å²) >= 11 is 12.5. The number of hydrogen-bond donors (Lipinski definition) is 1. The number of benzene rings is 1. The van der Waals surface area contributed by atoms with Crippen molar-refractivity contribution in [1.82, 2.24) is 5.32 Å². The zero-order valence-electron chi connectivity index (χ0n) is 14.0. The van der Waals surface area contributed by atoms with Gasteiger partial charge in [-0.05, 0) is 43.2 Å². The second-order valence-corrected chi connectivity index (χ2v) is 8.33. The van der Waals surface area contributed by atoms with Gasteiger partial charge in [0.2, 0.25) is 5.91 Å². The second kappa shape index (κ2) is 7.21. The van der Waals surface area contributed by atoms with E-state index in [9.17, 15) is 9.18 Å². The van der Waals surface area contributed by atoms with Crippen molar-refractivity contribution in [1.29, 1.82) is 0 Å². The molecule has 5 heteroatoms. The molecule has 3 rings (SSSR count). The van der Waals surface area contributed by atoms with Crippen molar-refractivity contribution in [2.24, 2.45) is 11.3 Å². The fourth-order valence-electron chi connectivity index (χ4n) is 4.32. The van der Waals surface area contributed by atoms with E-state index in [1.54, 1.807) is 0 Å². The van der Waals surface area contributed by atoms with Crippen LogP contribution in [0.4, 0.5) is 4.39 Å².